The summed E-state index contributed by atoms with van der Waals surface area (Å²) in [6, 6.07) is 20.8. The molecule has 1 atom stereocenters. The largest absolute Gasteiger partial charge is 0.507 e. The molecule has 2 aliphatic rings. The van der Waals surface area contributed by atoms with Gasteiger partial charge in [-0.1, -0.05) is 30.3 Å². The fourth-order valence-corrected chi connectivity index (χ4v) is 6.30. The number of hydrogen-bond donors (Lipinski definition) is 1. The zero-order valence-electron chi connectivity index (χ0n) is 22.4. The van der Waals surface area contributed by atoms with Crippen LogP contribution < -0.4 is 4.74 Å². The summed E-state index contributed by atoms with van der Waals surface area (Å²) in [5.74, 6) is -0.913. The molecule has 214 valence electrons. The number of ketones is 1. The van der Waals surface area contributed by atoms with Gasteiger partial charge in [-0.15, -0.1) is 0 Å². The molecule has 5 rings (SSSR count). The summed E-state index contributed by atoms with van der Waals surface area (Å²) in [6.07, 6.45) is 0. The van der Waals surface area contributed by atoms with Crippen LogP contribution in [0.5, 0.6) is 11.5 Å². The number of para-hydroxylation sites is 1. The average molecular weight is 579 g/mol. The quantitative estimate of drug-likeness (QED) is 0.232. The van der Waals surface area contributed by atoms with Gasteiger partial charge >= 0.3 is 0 Å². The maximum Gasteiger partial charge on any atom is 0.295 e. The number of benzene rings is 3. The van der Waals surface area contributed by atoms with Crippen molar-refractivity contribution in [3.05, 3.63) is 95.6 Å². The molecule has 0 aromatic heterocycles. The zero-order chi connectivity index (χ0) is 29.0. The normalized spacial score (nSPS) is 19.4. The second kappa shape index (κ2) is 12.2. The van der Waals surface area contributed by atoms with E-state index >= 15 is 0 Å². The lowest BCUT2D eigenvalue weighted by atomic mass is 9.95. The molecule has 0 spiro atoms. The number of aliphatic hydroxyl groups excluding tert-OH is 1. The van der Waals surface area contributed by atoms with Gasteiger partial charge in [0.2, 0.25) is 10.0 Å². The molecule has 2 fully saturated rings. The Bertz CT molecular complexity index is 1550. The van der Waals surface area contributed by atoms with Gasteiger partial charge in [0.05, 0.1) is 36.3 Å². The van der Waals surface area contributed by atoms with Gasteiger partial charge < -0.3 is 24.2 Å². The Balaban J connectivity index is 1.52. The van der Waals surface area contributed by atoms with Crippen molar-refractivity contribution < 1.29 is 37.3 Å². The highest BCUT2D eigenvalue weighted by atomic mass is 32.2. The van der Waals surface area contributed by atoms with Crippen LogP contribution in [-0.2, 0) is 29.1 Å². The number of aliphatic hydroxyl groups is 1. The van der Waals surface area contributed by atoms with Crippen LogP contribution in [0.25, 0.3) is 5.76 Å². The second-order valence-corrected chi connectivity index (χ2v) is 11.5. The Hall–Kier alpha value is -4.03. The number of ether oxygens (including phenoxy) is 3. The van der Waals surface area contributed by atoms with Gasteiger partial charge in [-0.25, -0.2) is 8.42 Å². The monoisotopic (exact) mass is 578 g/mol. The molecule has 41 heavy (non-hydrogen) atoms. The van der Waals surface area contributed by atoms with E-state index in [4.69, 9.17) is 14.2 Å². The first kappa shape index (κ1) is 28.5. The molecule has 2 aliphatic heterocycles. The third-order valence-corrected chi connectivity index (χ3v) is 8.88. The van der Waals surface area contributed by atoms with Crippen LogP contribution in [-0.4, -0.2) is 81.0 Å². The SMILES string of the molecule is COCCN1C(=O)C(=O)/C(=C(/O)c2ccc(S(=O)(=O)N3CCOCC3)cc2)C1c1cccc(Oc2ccccc2)c1. The zero-order valence-corrected chi connectivity index (χ0v) is 23.2. The molecule has 1 amide bonds. The van der Waals surface area contributed by atoms with Crippen molar-refractivity contribution in [2.24, 2.45) is 0 Å². The molecular weight excluding hydrogens is 548 g/mol. The third kappa shape index (κ3) is 5.89. The summed E-state index contributed by atoms with van der Waals surface area (Å²) in [5.41, 5.74) is 0.658. The van der Waals surface area contributed by atoms with E-state index in [1.807, 2.05) is 18.2 Å². The first-order valence-corrected chi connectivity index (χ1v) is 14.5. The topological polar surface area (TPSA) is 123 Å². The molecule has 2 saturated heterocycles. The lowest BCUT2D eigenvalue weighted by Gasteiger charge is -2.26. The standard InChI is InChI=1S/C30H30N2O8S/c1-38-17-16-32-27(22-6-5-9-24(20-22)40-23-7-3-2-4-8-23)26(29(34)30(32)35)28(33)21-10-12-25(13-11-21)41(36,37)31-14-18-39-19-15-31/h2-13,20,27,33H,14-19H2,1H3/b28-26+. The van der Waals surface area contributed by atoms with E-state index in [0.29, 0.717) is 30.3 Å². The molecular formula is C30H30N2O8S. The molecule has 2 heterocycles. The number of amides is 1. The van der Waals surface area contributed by atoms with Gasteiger partial charge in [-0.3, -0.25) is 9.59 Å². The number of likely N-dealkylation sites (tertiary alicyclic amines) is 1. The van der Waals surface area contributed by atoms with Crippen LogP contribution in [0.3, 0.4) is 0 Å². The van der Waals surface area contributed by atoms with Crippen LogP contribution in [0.2, 0.25) is 0 Å². The van der Waals surface area contributed by atoms with Crippen molar-refractivity contribution in [1.29, 1.82) is 0 Å². The summed E-state index contributed by atoms with van der Waals surface area (Å²) in [5, 5.41) is 11.4. The number of nitrogens with zero attached hydrogens (tertiary/aromatic N) is 2. The molecule has 0 saturated carbocycles. The third-order valence-electron chi connectivity index (χ3n) is 6.96. The summed E-state index contributed by atoms with van der Waals surface area (Å²) < 4.78 is 43.8. The second-order valence-electron chi connectivity index (χ2n) is 9.51. The molecule has 11 heteroatoms. The van der Waals surface area contributed by atoms with E-state index in [9.17, 15) is 23.1 Å². The van der Waals surface area contributed by atoms with Crippen molar-refractivity contribution in [2.75, 3.05) is 46.6 Å². The minimum absolute atomic E-state index is 0.0545. The van der Waals surface area contributed by atoms with Crippen LogP contribution in [0, 0.1) is 0 Å². The molecule has 1 N–H and O–H groups in total. The summed E-state index contributed by atoms with van der Waals surface area (Å²) in [4.78, 5) is 27.8. The Labute approximate surface area is 238 Å². The first-order chi connectivity index (χ1) is 19.8. The van der Waals surface area contributed by atoms with Crippen LogP contribution in [0.15, 0.2) is 89.3 Å². The number of carbonyl (C=O) groups excluding carboxylic acids is 2. The number of rotatable bonds is 9. The van der Waals surface area contributed by atoms with Crippen LogP contribution in [0.1, 0.15) is 17.2 Å². The van der Waals surface area contributed by atoms with Crippen molar-refractivity contribution in [2.45, 2.75) is 10.9 Å². The minimum Gasteiger partial charge on any atom is -0.507 e. The van der Waals surface area contributed by atoms with Gasteiger partial charge in [-0.2, -0.15) is 4.31 Å². The van der Waals surface area contributed by atoms with Gasteiger partial charge in [0.15, 0.2) is 0 Å². The molecule has 0 bridgehead atoms. The highest BCUT2D eigenvalue weighted by Gasteiger charge is 2.46. The van der Waals surface area contributed by atoms with Crippen molar-refractivity contribution in [3.63, 3.8) is 0 Å². The maximum atomic E-state index is 13.3. The van der Waals surface area contributed by atoms with Gasteiger partial charge in [0, 0.05) is 32.3 Å². The van der Waals surface area contributed by atoms with E-state index in [1.54, 1.807) is 36.4 Å². The number of sulfonamides is 1. The van der Waals surface area contributed by atoms with Gasteiger partial charge in [-0.05, 0) is 54.1 Å². The van der Waals surface area contributed by atoms with E-state index in [0.717, 1.165) is 0 Å². The van der Waals surface area contributed by atoms with E-state index in [-0.39, 0.29) is 42.3 Å². The van der Waals surface area contributed by atoms with Gasteiger partial charge in [0.1, 0.15) is 17.3 Å². The molecule has 3 aromatic rings. The molecule has 1 unspecified atom stereocenters. The average Bonchev–Trinajstić information content (AvgIpc) is 3.26. The summed E-state index contributed by atoms with van der Waals surface area (Å²) in [6.45, 7) is 1.43. The molecule has 0 radical (unpaired) electrons. The molecule has 0 aliphatic carbocycles. The number of Topliss-reactive ketones (excluding diaryl/α,β-unsaturated/α-hetero) is 1. The highest BCUT2D eigenvalue weighted by Crippen LogP contribution is 2.40. The Morgan fingerprint density at radius 1 is 0.951 bits per heavy atom. The first-order valence-electron chi connectivity index (χ1n) is 13.1. The van der Waals surface area contributed by atoms with Crippen LogP contribution >= 0.6 is 0 Å². The lowest BCUT2D eigenvalue weighted by Crippen LogP contribution is -2.40. The molecule has 10 nitrogen and oxygen atoms in total. The number of methoxy groups -OCH3 is 1. The predicted octanol–water partition coefficient (Wildman–Crippen LogP) is 3.57. The summed E-state index contributed by atoms with van der Waals surface area (Å²) >= 11 is 0. The highest BCUT2D eigenvalue weighted by molar-refractivity contribution is 7.89. The fraction of sp³-hybridized carbons (Fsp3) is 0.267. The minimum atomic E-state index is -3.75. The van der Waals surface area contributed by atoms with Crippen LogP contribution in [0.4, 0.5) is 0 Å². The Morgan fingerprint density at radius 3 is 2.32 bits per heavy atom. The number of carbonyl (C=O) groups is 2. The van der Waals surface area contributed by atoms with E-state index in [2.05, 4.69) is 0 Å². The van der Waals surface area contributed by atoms with Crippen molar-refractivity contribution in [1.82, 2.24) is 9.21 Å². The Kier molecular flexibility index (Phi) is 8.50. The molecule has 3 aromatic carbocycles. The predicted molar refractivity (Wildman–Crippen MR) is 150 cm³/mol. The van der Waals surface area contributed by atoms with E-state index in [1.165, 1.54) is 40.6 Å². The Morgan fingerprint density at radius 2 is 1.63 bits per heavy atom. The van der Waals surface area contributed by atoms with Crippen molar-refractivity contribution >= 4 is 27.5 Å². The lowest BCUT2D eigenvalue weighted by molar-refractivity contribution is -0.140. The van der Waals surface area contributed by atoms with Crippen molar-refractivity contribution in [3.8, 4) is 11.5 Å². The fourth-order valence-electron chi connectivity index (χ4n) is 4.90. The number of hydrogen-bond acceptors (Lipinski definition) is 8. The van der Waals surface area contributed by atoms with E-state index < -0.39 is 33.5 Å². The smallest absolute Gasteiger partial charge is 0.295 e. The maximum absolute atomic E-state index is 13.3. The number of morpholine rings is 1. The summed E-state index contributed by atoms with van der Waals surface area (Å²) in [7, 11) is -2.26. The van der Waals surface area contributed by atoms with Gasteiger partial charge in [0.25, 0.3) is 11.7 Å².